The van der Waals surface area contributed by atoms with Gasteiger partial charge in [0.15, 0.2) is 5.11 Å². The molecule has 23 heavy (non-hydrogen) atoms. The van der Waals surface area contributed by atoms with Crippen LogP contribution in [0.5, 0.6) is 5.75 Å². The lowest BCUT2D eigenvalue weighted by atomic mass is 9.87. The fourth-order valence-electron chi connectivity index (χ4n) is 2.12. The number of rotatable bonds is 3. The molecule has 0 atom stereocenters. The fraction of sp³-hybridized carbons (Fsp3) is 0.278. The van der Waals surface area contributed by atoms with Crippen molar-refractivity contribution in [3.05, 3.63) is 53.8 Å². The van der Waals surface area contributed by atoms with Crippen molar-refractivity contribution < 1.29 is 9.13 Å². The largest absolute Gasteiger partial charge is 0.495 e. The maximum atomic E-state index is 13.2. The minimum Gasteiger partial charge on any atom is -0.495 e. The van der Waals surface area contributed by atoms with Gasteiger partial charge in [0.2, 0.25) is 0 Å². The summed E-state index contributed by atoms with van der Waals surface area (Å²) in [5, 5.41) is 6.46. The molecular weight excluding hydrogens is 311 g/mol. The summed E-state index contributed by atoms with van der Waals surface area (Å²) in [5.41, 5.74) is 2.54. The molecule has 0 saturated heterocycles. The van der Waals surface area contributed by atoms with Crippen LogP contribution >= 0.6 is 12.2 Å². The SMILES string of the molecule is COc1ccc(C(C)(C)C)cc1NC(=S)Nc1cccc(F)c1. The summed E-state index contributed by atoms with van der Waals surface area (Å²) in [6.07, 6.45) is 0. The number of hydrogen-bond donors (Lipinski definition) is 2. The molecule has 2 N–H and O–H groups in total. The summed E-state index contributed by atoms with van der Waals surface area (Å²) in [7, 11) is 1.61. The number of anilines is 2. The van der Waals surface area contributed by atoms with Crippen molar-refractivity contribution in [2.45, 2.75) is 26.2 Å². The predicted molar refractivity (Wildman–Crippen MR) is 97.9 cm³/mol. The standard InChI is InChI=1S/C18H21FN2OS/c1-18(2,3)12-8-9-16(22-4)15(10-12)21-17(23)20-14-7-5-6-13(19)11-14/h5-11H,1-4H3,(H2,20,21,23). The second kappa shape index (κ2) is 6.96. The van der Waals surface area contributed by atoms with Crippen molar-refractivity contribution in [2.24, 2.45) is 0 Å². The Kier molecular flexibility index (Phi) is 5.21. The lowest BCUT2D eigenvalue weighted by Gasteiger charge is -2.22. The Morgan fingerprint density at radius 2 is 1.83 bits per heavy atom. The van der Waals surface area contributed by atoms with Crippen LogP contribution in [0.15, 0.2) is 42.5 Å². The first kappa shape index (κ1) is 17.2. The van der Waals surface area contributed by atoms with E-state index in [0.717, 1.165) is 11.3 Å². The van der Waals surface area contributed by atoms with E-state index < -0.39 is 0 Å². The zero-order valence-corrected chi connectivity index (χ0v) is 14.6. The number of hydrogen-bond acceptors (Lipinski definition) is 2. The van der Waals surface area contributed by atoms with Gasteiger partial charge in [-0.1, -0.05) is 32.9 Å². The Labute approximate surface area is 141 Å². The zero-order chi connectivity index (χ0) is 17.0. The number of benzene rings is 2. The van der Waals surface area contributed by atoms with Crippen LogP contribution in [0.25, 0.3) is 0 Å². The van der Waals surface area contributed by atoms with E-state index in [2.05, 4.69) is 31.4 Å². The summed E-state index contributed by atoms with van der Waals surface area (Å²) in [5.74, 6) is 0.381. The van der Waals surface area contributed by atoms with Crippen molar-refractivity contribution in [1.82, 2.24) is 0 Å². The van der Waals surface area contributed by atoms with Crippen molar-refractivity contribution >= 4 is 28.7 Å². The molecule has 2 rings (SSSR count). The molecule has 0 fully saturated rings. The Hall–Kier alpha value is -2.14. The molecule has 0 radical (unpaired) electrons. The molecule has 0 heterocycles. The lowest BCUT2D eigenvalue weighted by Crippen LogP contribution is -2.20. The highest BCUT2D eigenvalue weighted by molar-refractivity contribution is 7.80. The number of ether oxygens (including phenoxy) is 1. The van der Waals surface area contributed by atoms with Crippen molar-refractivity contribution in [3.63, 3.8) is 0 Å². The van der Waals surface area contributed by atoms with E-state index in [4.69, 9.17) is 17.0 Å². The minimum absolute atomic E-state index is 0.0142. The average Bonchev–Trinajstić information content (AvgIpc) is 2.46. The molecule has 0 aromatic heterocycles. The van der Waals surface area contributed by atoms with Gasteiger partial charge in [-0.05, 0) is 53.5 Å². The first-order valence-electron chi connectivity index (χ1n) is 7.31. The third-order valence-electron chi connectivity index (χ3n) is 3.40. The van der Waals surface area contributed by atoms with Crippen LogP contribution in [0.3, 0.4) is 0 Å². The van der Waals surface area contributed by atoms with E-state index in [1.165, 1.54) is 12.1 Å². The molecule has 0 amide bonds. The molecule has 122 valence electrons. The smallest absolute Gasteiger partial charge is 0.175 e. The maximum Gasteiger partial charge on any atom is 0.175 e. The molecule has 2 aromatic rings. The highest BCUT2D eigenvalue weighted by Gasteiger charge is 2.16. The molecule has 0 bridgehead atoms. The minimum atomic E-state index is -0.315. The van der Waals surface area contributed by atoms with Crippen LogP contribution in [0, 0.1) is 5.82 Å². The van der Waals surface area contributed by atoms with E-state index >= 15 is 0 Å². The van der Waals surface area contributed by atoms with Crippen molar-refractivity contribution in [1.29, 1.82) is 0 Å². The second-order valence-electron chi connectivity index (χ2n) is 6.25. The van der Waals surface area contributed by atoms with Gasteiger partial charge in [0.1, 0.15) is 11.6 Å². The van der Waals surface area contributed by atoms with Crippen molar-refractivity contribution in [2.75, 3.05) is 17.7 Å². The van der Waals surface area contributed by atoms with Gasteiger partial charge in [-0.2, -0.15) is 0 Å². The van der Waals surface area contributed by atoms with E-state index in [9.17, 15) is 4.39 Å². The third kappa shape index (κ3) is 4.66. The highest BCUT2D eigenvalue weighted by atomic mass is 32.1. The Balaban J connectivity index is 2.19. The lowest BCUT2D eigenvalue weighted by molar-refractivity contribution is 0.416. The van der Waals surface area contributed by atoms with Crippen molar-refractivity contribution in [3.8, 4) is 5.75 Å². The normalized spacial score (nSPS) is 11.0. The number of halogens is 1. The van der Waals surface area contributed by atoms with Gasteiger partial charge in [-0.25, -0.2) is 4.39 Å². The molecule has 0 aliphatic heterocycles. The van der Waals surface area contributed by atoms with Crippen LogP contribution < -0.4 is 15.4 Å². The molecule has 0 saturated carbocycles. The number of nitrogens with one attached hydrogen (secondary N) is 2. The summed E-state index contributed by atoms with van der Waals surface area (Å²) in [6.45, 7) is 6.42. The van der Waals surface area contributed by atoms with Crippen LogP contribution in [0.2, 0.25) is 0 Å². The monoisotopic (exact) mass is 332 g/mol. The molecule has 0 aliphatic rings. The van der Waals surface area contributed by atoms with Crippen LogP contribution in [0.4, 0.5) is 15.8 Å². The molecule has 3 nitrogen and oxygen atoms in total. The quantitative estimate of drug-likeness (QED) is 0.780. The van der Waals surface area contributed by atoms with Crippen LogP contribution in [-0.4, -0.2) is 12.2 Å². The van der Waals surface area contributed by atoms with Gasteiger partial charge >= 0.3 is 0 Å². The molecule has 0 unspecified atom stereocenters. The predicted octanol–water partition coefficient (Wildman–Crippen LogP) is 4.94. The van der Waals surface area contributed by atoms with Crippen LogP contribution in [0.1, 0.15) is 26.3 Å². The fourth-order valence-corrected chi connectivity index (χ4v) is 2.35. The summed E-state index contributed by atoms with van der Waals surface area (Å²) in [6, 6.07) is 12.1. The van der Waals surface area contributed by atoms with Gasteiger partial charge in [-0.3, -0.25) is 0 Å². The Bertz CT molecular complexity index is 710. The molecule has 0 spiro atoms. The van der Waals surface area contributed by atoms with E-state index in [1.807, 2.05) is 18.2 Å². The van der Waals surface area contributed by atoms with E-state index in [1.54, 1.807) is 19.2 Å². The Morgan fingerprint density at radius 3 is 2.43 bits per heavy atom. The second-order valence-corrected chi connectivity index (χ2v) is 6.66. The first-order valence-corrected chi connectivity index (χ1v) is 7.72. The van der Waals surface area contributed by atoms with Gasteiger partial charge < -0.3 is 15.4 Å². The molecule has 0 aliphatic carbocycles. The molecule has 5 heteroatoms. The Morgan fingerprint density at radius 1 is 1.09 bits per heavy atom. The van der Waals surface area contributed by atoms with Gasteiger partial charge in [0.25, 0.3) is 0 Å². The van der Waals surface area contributed by atoms with E-state index in [0.29, 0.717) is 16.5 Å². The van der Waals surface area contributed by atoms with Crippen LogP contribution in [-0.2, 0) is 5.41 Å². The molecule has 2 aromatic carbocycles. The molecular formula is C18H21FN2OS. The average molecular weight is 332 g/mol. The summed E-state index contributed by atoms with van der Waals surface area (Å²) < 4.78 is 18.6. The van der Waals surface area contributed by atoms with E-state index in [-0.39, 0.29) is 11.2 Å². The van der Waals surface area contributed by atoms with Gasteiger partial charge in [0, 0.05) is 5.69 Å². The number of thiocarbonyl (C=S) groups is 1. The maximum absolute atomic E-state index is 13.2. The highest BCUT2D eigenvalue weighted by Crippen LogP contribution is 2.31. The van der Waals surface area contributed by atoms with Gasteiger partial charge in [-0.15, -0.1) is 0 Å². The summed E-state index contributed by atoms with van der Waals surface area (Å²) in [4.78, 5) is 0. The van der Waals surface area contributed by atoms with Gasteiger partial charge in [0.05, 0.1) is 12.8 Å². The zero-order valence-electron chi connectivity index (χ0n) is 13.7. The topological polar surface area (TPSA) is 33.3 Å². The third-order valence-corrected chi connectivity index (χ3v) is 3.60. The number of methoxy groups -OCH3 is 1. The first-order chi connectivity index (χ1) is 10.8. The summed E-state index contributed by atoms with van der Waals surface area (Å²) >= 11 is 5.31.